The molecule has 0 aliphatic carbocycles. The molecule has 8 heteroatoms. The second-order valence-corrected chi connectivity index (χ2v) is 4.91. The molecule has 0 amide bonds. The first-order valence-corrected chi connectivity index (χ1v) is 7.40. The summed E-state index contributed by atoms with van der Waals surface area (Å²) in [6.07, 6.45) is 1.29. The second-order valence-electron chi connectivity index (χ2n) is 4.91. The number of esters is 1. The van der Waals surface area contributed by atoms with Gasteiger partial charge in [-0.05, 0) is 31.2 Å². The van der Waals surface area contributed by atoms with Crippen LogP contribution in [0.3, 0.4) is 0 Å². The monoisotopic (exact) mass is 339 g/mol. The number of azo groups is 1. The zero-order valence-electron chi connectivity index (χ0n) is 13.2. The fraction of sp³-hybridized carbons (Fsp3) is 0.118. The zero-order chi connectivity index (χ0) is 17.8. The van der Waals surface area contributed by atoms with Crippen molar-refractivity contribution in [3.8, 4) is 5.75 Å². The SMILES string of the molecule is CCOC(=O)c1ccc(N=Nc2c(O)c3ccccc3oc2=O)nc1. The van der Waals surface area contributed by atoms with Gasteiger partial charge >= 0.3 is 11.6 Å². The van der Waals surface area contributed by atoms with Crippen molar-refractivity contribution >= 4 is 28.4 Å². The van der Waals surface area contributed by atoms with Crippen LogP contribution in [0.5, 0.6) is 5.75 Å². The molecule has 1 aromatic carbocycles. The van der Waals surface area contributed by atoms with Crippen molar-refractivity contribution in [2.75, 3.05) is 6.61 Å². The lowest BCUT2D eigenvalue weighted by molar-refractivity contribution is 0.0526. The second kappa shape index (κ2) is 6.91. The van der Waals surface area contributed by atoms with E-state index in [2.05, 4.69) is 15.2 Å². The van der Waals surface area contributed by atoms with Crippen LogP contribution in [0.1, 0.15) is 17.3 Å². The van der Waals surface area contributed by atoms with Crippen LogP contribution < -0.4 is 5.63 Å². The van der Waals surface area contributed by atoms with Gasteiger partial charge < -0.3 is 14.3 Å². The molecule has 3 rings (SSSR count). The maximum atomic E-state index is 11.9. The van der Waals surface area contributed by atoms with Crippen LogP contribution in [-0.2, 0) is 4.74 Å². The third kappa shape index (κ3) is 3.37. The molecule has 2 aromatic heterocycles. The van der Waals surface area contributed by atoms with Crippen molar-refractivity contribution in [2.45, 2.75) is 6.92 Å². The molecular weight excluding hydrogens is 326 g/mol. The highest BCUT2D eigenvalue weighted by Crippen LogP contribution is 2.31. The van der Waals surface area contributed by atoms with Crippen LogP contribution in [0.25, 0.3) is 11.0 Å². The highest BCUT2D eigenvalue weighted by atomic mass is 16.5. The van der Waals surface area contributed by atoms with E-state index in [1.54, 1.807) is 31.2 Å². The molecule has 0 unspecified atom stereocenters. The van der Waals surface area contributed by atoms with E-state index in [4.69, 9.17) is 9.15 Å². The van der Waals surface area contributed by atoms with E-state index in [0.29, 0.717) is 5.39 Å². The van der Waals surface area contributed by atoms with Gasteiger partial charge in [-0.2, -0.15) is 0 Å². The molecule has 8 nitrogen and oxygen atoms in total. The van der Waals surface area contributed by atoms with Crippen molar-refractivity contribution in [2.24, 2.45) is 10.2 Å². The van der Waals surface area contributed by atoms with Crippen molar-refractivity contribution in [3.05, 3.63) is 58.6 Å². The Morgan fingerprint density at radius 1 is 1.24 bits per heavy atom. The largest absolute Gasteiger partial charge is 0.505 e. The Labute approximate surface area is 141 Å². The summed E-state index contributed by atoms with van der Waals surface area (Å²) < 4.78 is 9.94. The Bertz CT molecular complexity index is 1010. The van der Waals surface area contributed by atoms with Crippen LogP contribution in [0.2, 0.25) is 0 Å². The Morgan fingerprint density at radius 2 is 2.04 bits per heavy atom. The summed E-state index contributed by atoms with van der Waals surface area (Å²) in [5.74, 6) is -0.662. The van der Waals surface area contributed by atoms with Crippen molar-refractivity contribution < 1.29 is 19.1 Å². The number of carbonyl (C=O) groups is 1. The van der Waals surface area contributed by atoms with Crippen LogP contribution in [0, 0.1) is 0 Å². The van der Waals surface area contributed by atoms with Gasteiger partial charge in [0.1, 0.15) is 5.58 Å². The fourth-order valence-electron chi connectivity index (χ4n) is 2.09. The molecule has 0 fully saturated rings. The van der Waals surface area contributed by atoms with E-state index >= 15 is 0 Å². The molecule has 0 radical (unpaired) electrons. The first-order valence-electron chi connectivity index (χ1n) is 7.40. The van der Waals surface area contributed by atoms with Gasteiger partial charge in [-0.3, -0.25) is 0 Å². The minimum atomic E-state index is -0.817. The van der Waals surface area contributed by atoms with E-state index in [0.717, 1.165) is 0 Å². The van der Waals surface area contributed by atoms with Crippen molar-refractivity contribution in [1.82, 2.24) is 4.98 Å². The number of nitrogens with zero attached hydrogens (tertiary/aromatic N) is 3. The first kappa shape index (κ1) is 16.3. The average Bonchev–Trinajstić information content (AvgIpc) is 2.62. The van der Waals surface area contributed by atoms with Gasteiger partial charge in [0, 0.05) is 6.20 Å². The van der Waals surface area contributed by atoms with Crippen LogP contribution >= 0.6 is 0 Å². The lowest BCUT2D eigenvalue weighted by Crippen LogP contribution is -2.04. The number of pyridine rings is 1. The van der Waals surface area contributed by atoms with Gasteiger partial charge in [0.05, 0.1) is 17.6 Å². The minimum absolute atomic E-state index is 0.153. The van der Waals surface area contributed by atoms with E-state index in [-0.39, 0.29) is 35.0 Å². The third-order valence-corrected chi connectivity index (χ3v) is 3.27. The number of rotatable bonds is 4. The molecule has 3 aromatic rings. The Balaban J connectivity index is 1.91. The summed E-state index contributed by atoms with van der Waals surface area (Å²) in [5, 5.41) is 18.1. The van der Waals surface area contributed by atoms with E-state index in [1.165, 1.54) is 18.3 Å². The van der Waals surface area contributed by atoms with Gasteiger partial charge in [0.25, 0.3) is 0 Å². The van der Waals surface area contributed by atoms with Crippen LogP contribution in [-0.4, -0.2) is 22.7 Å². The summed E-state index contributed by atoms with van der Waals surface area (Å²) in [6.45, 7) is 1.97. The van der Waals surface area contributed by atoms with E-state index in [1.807, 2.05) is 0 Å². The molecule has 0 saturated carbocycles. The lowest BCUT2D eigenvalue weighted by Gasteiger charge is -2.02. The minimum Gasteiger partial charge on any atom is -0.505 e. The predicted molar refractivity (Wildman–Crippen MR) is 88.5 cm³/mol. The summed E-state index contributed by atoms with van der Waals surface area (Å²) in [4.78, 5) is 27.4. The molecule has 0 spiro atoms. The number of para-hydroxylation sites is 1. The van der Waals surface area contributed by atoms with Gasteiger partial charge in [-0.15, -0.1) is 10.2 Å². The average molecular weight is 339 g/mol. The highest BCUT2D eigenvalue weighted by molar-refractivity contribution is 5.89. The predicted octanol–water partition coefficient (Wildman–Crippen LogP) is 3.49. The smallest absolute Gasteiger partial charge is 0.368 e. The standard InChI is InChI=1S/C17H13N3O5/c1-2-24-16(22)10-7-8-13(18-9-10)19-20-14-15(21)11-5-3-4-6-12(11)25-17(14)23/h3-9,21H,2H2,1H3. The third-order valence-electron chi connectivity index (χ3n) is 3.27. The molecule has 0 saturated heterocycles. The molecule has 25 heavy (non-hydrogen) atoms. The summed E-state index contributed by atoms with van der Waals surface area (Å²) in [7, 11) is 0. The van der Waals surface area contributed by atoms with Crippen LogP contribution in [0.15, 0.2) is 62.0 Å². The lowest BCUT2D eigenvalue weighted by atomic mass is 10.2. The summed E-state index contributed by atoms with van der Waals surface area (Å²) >= 11 is 0. The molecular formula is C17H13N3O5. The number of fused-ring (bicyclic) bond motifs is 1. The van der Waals surface area contributed by atoms with Crippen molar-refractivity contribution in [1.29, 1.82) is 0 Å². The molecule has 0 bridgehead atoms. The first-order chi connectivity index (χ1) is 12.1. The fourth-order valence-corrected chi connectivity index (χ4v) is 2.09. The number of aromatic hydroxyl groups is 1. The molecule has 126 valence electrons. The molecule has 0 atom stereocenters. The van der Waals surface area contributed by atoms with E-state index in [9.17, 15) is 14.7 Å². The maximum absolute atomic E-state index is 11.9. The van der Waals surface area contributed by atoms with Gasteiger partial charge in [-0.1, -0.05) is 12.1 Å². The number of benzene rings is 1. The van der Waals surface area contributed by atoms with Gasteiger partial charge in [-0.25, -0.2) is 14.6 Å². The topological polar surface area (TPSA) is 114 Å². The quantitative estimate of drug-likeness (QED) is 0.442. The molecule has 0 aliphatic heterocycles. The number of carbonyl (C=O) groups excluding carboxylic acids is 1. The Kier molecular flexibility index (Phi) is 4.51. The Hall–Kier alpha value is -3.55. The number of ether oxygens (including phenoxy) is 1. The zero-order valence-corrected chi connectivity index (χ0v) is 13.2. The molecule has 0 aliphatic rings. The normalized spacial score (nSPS) is 11.1. The highest BCUT2D eigenvalue weighted by Gasteiger charge is 2.13. The number of aromatic nitrogens is 1. The molecule has 1 N–H and O–H groups in total. The van der Waals surface area contributed by atoms with Crippen molar-refractivity contribution in [3.63, 3.8) is 0 Å². The summed E-state index contributed by atoms with van der Waals surface area (Å²) in [5.41, 5.74) is -0.618. The van der Waals surface area contributed by atoms with Gasteiger partial charge in [0.15, 0.2) is 11.6 Å². The molecule has 2 heterocycles. The summed E-state index contributed by atoms with van der Waals surface area (Å²) in [6, 6.07) is 9.45. The number of hydrogen-bond acceptors (Lipinski definition) is 8. The van der Waals surface area contributed by atoms with Crippen LogP contribution in [0.4, 0.5) is 11.5 Å². The van der Waals surface area contributed by atoms with E-state index < -0.39 is 11.6 Å². The Morgan fingerprint density at radius 3 is 2.76 bits per heavy atom. The maximum Gasteiger partial charge on any atom is 0.368 e. The van der Waals surface area contributed by atoms with Gasteiger partial charge in [0.2, 0.25) is 5.69 Å². The number of hydrogen-bond donors (Lipinski definition) is 1.